The first-order valence-electron chi connectivity index (χ1n) is 16.9. The molecule has 1 aliphatic heterocycles. The topological polar surface area (TPSA) is 260 Å². The summed E-state index contributed by atoms with van der Waals surface area (Å²) in [6.45, 7) is 2.70. The first-order valence-corrected chi connectivity index (χ1v) is 18.5. The summed E-state index contributed by atoms with van der Waals surface area (Å²) >= 11 is 0. The van der Waals surface area contributed by atoms with Gasteiger partial charge in [-0.15, -0.1) is 0 Å². The van der Waals surface area contributed by atoms with Crippen LogP contribution < -0.4 is 10.5 Å². The Morgan fingerprint density at radius 1 is 1.04 bits per heavy atom. The van der Waals surface area contributed by atoms with E-state index in [-0.39, 0.29) is 40.2 Å². The van der Waals surface area contributed by atoms with E-state index < -0.39 is 106 Å². The molecule has 282 valence electrons. The smallest absolute Gasteiger partial charge is 0.264 e. The van der Waals surface area contributed by atoms with E-state index in [2.05, 4.69) is 6.92 Å². The Hall–Kier alpha value is -3.48. The monoisotopic (exact) mass is 737 g/mol. The normalized spacial score (nSPS) is 25.6. The molecule has 2 aliphatic carbocycles. The number of phenolic OH excluding ortho intramolecular Hbond substituents is 2. The summed E-state index contributed by atoms with van der Waals surface area (Å²) in [4.78, 5) is 39.7. The highest BCUT2D eigenvalue weighted by Crippen LogP contribution is 2.52. The van der Waals surface area contributed by atoms with Crippen LogP contribution in [0.15, 0.2) is 18.2 Å². The highest BCUT2D eigenvalue weighted by molar-refractivity contribution is 7.85. The summed E-state index contributed by atoms with van der Waals surface area (Å²) in [6.07, 6.45) is 1.01. The van der Waals surface area contributed by atoms with Crippen LogP contribution in [0.4, 0.5) is 0 Å². The molecule has 15 nitrogen and oxygen atoms in total. The molecule has 5 rings (SSSR count). The Bertz CT molecular complexity index is 1730. The Labute approximate surface area is 296 Å². The third kappa shape index (κ3) is 8.60. The molecule has 0 spiro atoms. The SMILES string of the molecule is CCCCCCCCS(=O)(=O)O.COc1cccc2c1C(=O)c1c(O)c3c(c(O)c1C2=O)C[C@@](O)(C(=O)CO)C[C@@H]3O[C@H]1C[C@H](N)[C@H](O)[C@H](C)O1. The molecule has 2 aromatic carbocycles. The second-order valence-electron chi connectivity index (χ2n) is 13.2. The van der Waals surface area contributed by atoms with Crippen molar-refractivity contribution in [3.63, 3.8) is 0 Å². The largest absolute Gasteiger partial charge is 0.507 e. The van der Waals surface area contributed by atoms with Gasteiger partial charge in [0.25, 0.3) is 10.1 Å². The highest BCUT2D eigenvalue weighted by Gasteiger charge is 2.50. The highest BCUT2D eigenvalue weighted by atomic mass is 32.2. The molecule has 0 bridgehead atoms. The molecule has 3 aliphatic rings. The van der Waals surface area contributed by atoms with E-state index >= 15 is 0 Å². The van der Waals surface area contributed by atoms with Gasteiger partial charge in [0.2, 0.25) is 5.78 Å². The molecule has 1 heterocycles. The van der Waals surface area contributed by atoms with E-state index in [0.717, 1.165) is 12.8 Å². The minimum absolute atomic E-state index is 0.0173. The summed E-state index contributed by atoms with van der Waals surface area (Å²) < 4.78 is 45.9. The first-order chi connectivity index (χ1) is 24.0. The Morgan fingerprint density at radius 2 is 1.69 bits per heavy atom. The van der Waals surface area contributed by atoms with Crippen molar-refractivity contribution in [3.05, 3.63) is 51.6 Å². The lowest BCUT2D eigenvalue weighted by Crippen LogP contribution is -2.53. The van der Waals surface area contributed by atoms with Gasteiger partial charge in [0, 0.05) is 42.0 Å². The van der Waals surface area contributed by atoms with Crippen LogP contribution in [0.3, 0.4) is 0 Å². The standard InChI is InChI=1S/C27H29NO11.C8H18O3S/c1-10-22(31)13(28)6-17(38-10)39-15-8-27(36,16(30)9-29)7-12-19(15)26(35)21-20(24(12)33)23(32)11-4-3-5-14(37-2)18(11)25(21)34;1-2-3-4-5-6-7-8-12(9,10)11/h3-5,10,13,15,17,22,29,31,33,35-36H,6-9,28H2,1-2H3;2-8H2,1H3,(H,9,10,11)/t10-,13-,15-,17-,22+,27-;/m0./s1. The van der Waals surface area contributed by atoms with Crippen molar-refractivity contribution in [2.24, 2.45) is 5.73 Å². The lowest BCUT2D eigenvalue weighted by Gasteiger charge is -2.42. The van der Waals surface area contributed by atoms with Crippen molar-refractivity contribution >= 4 is 27.5 Å². The lowest BCUT2D eigenvalue weighted by atomic mass is 9.72. The zero-order chi connectivity index (χ0) is 37.8. The number of aliphatic hydroxyl groups is 3. The van der Waals surface area contributed by atoms with Crippen molar-refractivity contribution in [1.82, 2.24) is 0 Å². The van der Waals surface area contributed by atoms with E-state index in [1.807, 2.05) is 0 Å². The predicted molar refractivity (Wildman–Crippen MR) is 182 cm³/mol. The fraction of sp³-hybridized carbons (Fsp3) is 0.571. The van der Waals surface area contributed by atoms with Gasteiger partial charge in [-0.2, -0.15) is 8.42 Å². The Kier molecular flexibility index (Phi) is 13.0. The second-order valence-corrected chi connectivity index (χ2v) is 14.8. The predicted octanol–water partition coefficient (Wildman–Crippen LogP) is 2.24. The van der Waals surface area contributed by atoms with Gasteiger partial charge in [-0.05, 0) is 19.4 Å². The van der Waals surface area contributed by atoms with Crippen LogP contribution in [0.1, 0.15) is 114 Å². The van der Waals surface area contributed by atoms with Gasteiger partial charge in [0.05, 0.1) is 47.9 Å². The number of phenols is 2. The Morgan fingerprint density at radius 3 is 2.29 bits per heavy atom. The molecule has 51 heavy (non-hydrogen) atoms. The number of methoxy groups -OCH3 is 1. The van der Waals surface area contributed by atoms with Gasteiger partial charge in [0.15, 0.2) is 17.9 Å². The average molecular weight is 738 g/mol. The van der Waals surface area contributed by atoms with Crippen LogP contribution in [-0.2, 0) is 30.8 Å². The molecular weight excluding hydrogens is 690 g/mol. The molecule has 0 amide bonds. The third-order valence-corrected chi connectivity index (χ3v) is 10.4. The summed E-state index contributed by atoms with van der Waals surface area (Å²) in [5, 5.41) is 53.7. The van der Waals surface area contributed by atoms with Gasteiger partial charge >= 0.3 is 0 Å². The summed E-state index contributed by atoms with van der Waals surface area (Å²) in [5.74, 6) is -3.86. The average Bonchev–Trinajstić information content (AvgIpc) is 3.08. The van der Waals surface area contributed by atoms with E-state index in [9.17, 15) is 48.3 Å². The molecule has 0 aromatic heterocycles. The quantitative estimate of drug-likeness (QED) is 0.0799. The van der Waals surface area contributed by atoms with Crippen LogP contribution >= 0.6 is 0 Å². The number of ketones is 3. The van der Waals surface area contributed by atoms with E-state index in [4.69, 9.17) is 24.5 Å². The fourth-order valence-electron chi connectivity index (χ4n) is 6.82. The van der Waals surface area contributed by atoms with Gasteiger partial charge in [-0.1, -0.05) is 51.2 Å². The van der Waals surface area contributed by atoms with Crippen LogP contribution in [0.25, 0.3) is 0 Å². The Balaban J connectivity index is 0.000000417. The van der Waals surface area contributed by atoms with Crippen molar-refractivity contribution in [3.8, 4) is 17.2 Å². The van der Waals surface area contributed by atoms with Crippen LogP contribution in [0.5, 0.6) is 17.2 Å². The van der Waals surface area contributed by atoms with Crippen molar-refractivity contribution in [1.29, 1.82) is 0 Å². The molecule has 1 saturated heterocycles. The number of benzene rings is 2. The number of carbonyl (C=O) groups excluding carboxylic acids is 3. The number of Topliss-reactive ketones (excluding diaryl/α,β-unsaturated/α-hetero) is 1. The number of carbonyl (C=O) groups is 3. The molecule has 2 aromatic rings. The van der Waals surface area contributed by atoms with Crippen LogP contribution in [0, 0.1) is 0 Å². The molecule has 16 heteroatoms. The molecule has 0 radical (unpaired) electrons. The molecular formula is C35H47NO14S. The van der Waals surface area contributed by atoms with Gasteiger partial charge in [-0.3, -0.25) is 18.9 Å². The minimum atomic E-state index is -3.72. The maximum absolute atomic E-state index is 13.6. The summed E-state index contributed by atoms with van der Waals surface area (Å²) in [6, 6.07) is 3.64. The van der Waals surface area contributed by atoms with E-state index in [1.165, 1.54) is 44.6 Å². The van der Waals surface area contributed by atoms with Gasteiger partial charge < -0.3 is 45.5 Å². The lowest BCUT2D eigenvalue weighted by molar-refractivity contribution is -0.247. The molecule has 1 fully saturated rings. The summed E-state index contributed by atoms with van der Waals surface area (Å²) in [7, 11) is -2.39. The molecule has 6 atom stereocenters. The zero-order valence-corrected chi connectivity index (χ0v) is 29.6. The number of nitrogens with two attached hydrogens (primary N) is 1. The molecule has 0 saturated carbocycles. The number of fused-ring (bicyclic) bond motifs is 3. The van der Waals surface area contributed by atoms with Crippen molar-refractivity contribution in [2.45, 2.75) is 108 Å². The van der Waals surface area contributed by atoms with Gasteiger partial charge in [0.1, 0.15) is 29.5 Å². The third-order valence-electron chi connectivity index (χ3n) is 9.56. The van der Waals surface area contributed by atoms with E-state index in [1.54, 1.807) is 6.92 Å². The zero-order valence-electron chi connectivity index (χ0n) is 28.8. The van der Waals surface area contributed by atoms with Gasteiger partial charge in [-0.25, -0.2) is 0 Å². The summed E-state index contributed by atoms with van der Waals surface area (Å²) in [5.41, 5.74) is 2.37. The number of hydrogen-bond donors (Lipinski definition) is 7. The number of aromatic hydroxyl groups is 2. The number of aliphatic hydroxyl groups excluding tert-OH is 2. The van der Waals surface area contributed by atoms with Crippen molar-refractivity contribution < 1.29 is 67.1 Å². The molecule has 0 unspecified atom stereocenters. The first kappa shape index (κ1) is 40.3. The maximum Gasteiger partial charge on any atom is 0.264 e. The van der Waals surface area contributed by atoms with Crippen LogP contribution in [0.2, 0.25) is 0 Å². The van der Waals surface area contributed by atoms with Crippen molar-refractivity contribution in [2.75, 3.05) is 19.5 Å². The number of ether oxygens (including phenoxy) is 3. The fourth-order valence-corrected chi connectivity index (χ4v) is 7.38. The molecule has 8 N–H and O–H groups in total. The maximum atomic E-state index is 13.6. The number of unbranched alkanes of at least 4 members (excludes halogenated alkanes) is 5. The second kappa shape index (κ2) is 16.5. The minimum Gasteiger partial charge on any atom is -0.507 e. The number of rotatable bonds is 12. The van der Waals surface area contributed by atoms with Crippen LogP contribution in [-0.4, -0.2) is 105 Å². The number of hydrogen-bond acceptors (Lipinski definition) is 14. The van der Waals surface area contributed by atoms with E-state index in [0.29, 0.717) is 6.42 Å².